The Bertz CT molecular complexity index is 1980. The fraction of sp³-hybridized carbons (Fsp3) is 0.103. The largest absolute Gasteiger partial charge is 0.478 e. The lowest BCUT2D eigenvalue weighted by Gasteiger charge is -2.16. The molecule has 11 nitrogen and oxygen atoms in total. The molecule has 41 heavy (non-hydrogen) atoms. The zero-order valence-corrected chi connectivity index (χ0v) is 21.9. The molecule has 3 N–H and O–H groups in total. The second-order valence-corrected chi connectivity index (χ2v) is 9.26. The molecule has 0 aliphatic carbocycles. The minimum atomic E-state index is -1.14. The fourth-order valence-electron chi connectivity index (χ4n) is 4.39. The van der Waals surface area contributed by atoms with Gasteiger partial charge < -0.3 is 15.5 Å². The third-order valence-corrected chi connectivity index (χ3v) is 6.48. The molecular formula is C29H23FN6O5. The molecule has 3 aromatic heterocycles. The molecule has 0 unspecified atom stereocenters. The van der Waals surface area contributed by atoms with Gasteiger partial charge in [0.05, 0.1) is 35.1 Å². The monoisotopic (exact) mass is 554 g/mol. The maximum atomic E-state index is 15.0. The number of carboxylic acid groups (broad SMARTS) is 1. The van der Waals surface area contributed by atoms with E-state index in [9.17, 15) is 19.5 Å². The van der Waals surface area contributed by atoms with Crippen LogP contribution in [0.15, 0.2) is 77.1 Å². The van der Waals surface area contributed by atoms with Crippen molar-refractivity contribution in [1.29, 1.82) is 0 Å². The van der Waals surface area contributed by atoms with E-state index in [1.165, 1.54) is 37.5 Å². The number of aryl methyl sites for hydroxylation is 1. The Morgan fingerprint density at radius 1 is 1.07 bits per heavy atom. The van der Waals surface area contributed by atoms with Gasteiger partial charge in [0, 0.05) is 29.8 Å². The summed E-state index contributed by atoms with van der Waals surface area (Å²) in [6, 6.07) is 11.9. The van der Waals surface area contributed by atoms with Crippen molar-refractivity contribution < 1.29 is 19.4 Å². The van der Waals surface area contributed by atoms with Gasteiger partial charge in [0.1, 0.15) is 17.3 Å². The van der Waals surface area contributed by atoms with Gasteiger partial charge in [0.2, 0.25) is 0 Å². The molecule has 0 spiro atoms. The number of benzene rings is 2. The summed E-state index contributed by atoms with van der Waals surface area (Å²) in [4.78, 5) is 41.4. The Hall–Kier alpha value is -5.49. The topological polar surface area (TPSA) is 152 Å². The summed E-state index contributed by atoms with van der Waals surface area (Å²) in [5.41, 5.74) is 1.18. The molecule has 0 saturated heterocycles. The first-order valence-corrected chi connectivity index (χ1v) is 12.2. The Morgan fingerprint density at radius 3 is 2.51 bits per heavy atom. The van der Waals surface area contributed by atoms with Gasteiger partial charge in [-0.1, -0.05) is 24.3 Å². The number of nitrogens with zero attached hydrogens (tertiary/aromatic N) is 5. The number of anilines is 2. The van der Waals surface area contributed by atoms with Crippen molar-refractivity contribution >= 4 is 33.8 Å². The van der Waals surface area contributed by atoms with E-state index in [2.05, 4.69) is 27.1 Å². The molecule has 5 aromatic rings. The van der Waals surface area contributed by atoms with Gasteiger partial charge in [-0.3, -0.25) is 9.59 Å². The van der Waals surface area contributed by atoms with E-state index in [0.717, 1.165) is 15.6 Å². The van der Waals surface area contributed by atoms with Crippen LogP contribution in [0.4, 0.5) is 15.9 Å². The van der Waals surface area contributed by atoms with E-state index >= 15 is 4.39 Å². The molecular weight excluding hydrogens is 531 g/mol. The molecule has 0 aliphatic heterocycles. The van der Waals surface area contributed by atoms with Crippen molar-refractivity contribution in [3.8, 4) is 16.9 Å². The zero-order chi connectivity index (χ0) is 29.4. The number of pyridine rings is 1. The van der Waals surface area contributed by atoms with Gasteiger partial charge in [-0.15, -0.1) is 0 Å². The van der Waals surface area contributed by atoms with E-state index in [-0.39, 0.29) is 39.4 Å². The average Bonchev–Trinajstić information content (AvgIpc) is 2.95. The van der Waals surface area contributed by atoms with Crippen molar-refractivity contribution in [2.75, 3.05) is 5.32 Å². The number of aliphatic hydroxyl groups is 1. The van der Waals surface area contributed by atoms with Gasteiger partial charge >= 0.3 is 5.97 Å². The predicted octanol–water partition coefficient (Wildman–Crippen LogP) is 3.65. The molecule has 0 aliphatic rings. The minimum Gasteiger partial charge on any atom is -0.478 e. The number of carboxylic acids is 1. The summed E-state index contributed by atoms with van der Waals surface area (Å²) < 4.78 is 17.1. The maximum Gasteiger partial charge on any atom is 0.337 e. The number of nitrogens with one attached hydrogen (secondary N) is 1. The van der Waals surface area contributed by atoms with Gasteiger partial charge in [-0.05, 0) is 48.9 Å². The highest BCUT2D eigenvalue weighted by Crippen LogP contribution is 2.29. The highest BCUT2D eigenvalue weighted by atomic mass is 19.1. The lowest BCUT2D eigenvalue weighted by molar-refractivity contribution is 0.0696. The molecule has 0 radical (unpaired) electrons. The second kappa shape index (κ2) is 10.6. The molecule has 5 rings (SSSR count). The van der Waals surface area contributed by atoms with Gasteiger partial charge in [0.25, 0.3) is 11.1 Å². The van der Waals surface area contributed by atoms with Crippen LogP contribution < -0.4 is 16.4 Å². The van der Waals surface area contributed by atoms with Crippen LogP contribution in [0.3, 0.4) is 0 Å². The van der Waals surface area contributed by atoms with E-state index in [1.54, 1.807) is 31.2 Å². The van der Waals surface area contributed by atoms with Crippen molar-refractivity contribution in [2.24, 2.45) is 7.05 Å². The number of halogens is 1. The fourth-order valence-corrected chi connectivity index (χ4v) is 4.39. The van der Waals surface area contributed by atoms with E-state index in [4.69, 9.17) is 5.11 Å². The Balaban J connectivity index is 1.62. The van der Waals surface area contributed by atoms with E-state index in [0.29, 0.717) is 22.1 Å². The Kier molecular flexibility index (Phi) is 6.99. The second-order valence-electron chi connectivity index (χ2n) is 9.26. The van der Waals surface area contributed by atoms with E-state index in [1.807, 2.05) is 0 Å². The number of aromatic carboxylic acids is 1. The summed E-state index contributed by atoms with van der Waals surface area (Å²) in [7, 11) is 1.44. The van der Waals surface area contributed by atoms with Crippen LogP contribution in [0.25, 0.3) is 33.3 Å². The zero-order valence-electron chi connectivity index (χ0n) is 21.9. The molecule has 0 atom stereocenters. The molecule has 0 bridgehead atoms. The predicted molar refractivity (Wildman–Crippen MR) is 151 cm³/mol. The lowest BCUT2D eigenvalue weighted by Crippen LogP contribution is -2.24. The number of carbonyl (C=O) groups is 1. The molecule has 2 aromatic carbocycles. The van der Waals surface area contributed by atoms with Crippen LogP contribution in [0, 0.1) is 5.82 Å². The van der Waals surface area contributed by atoms with Crippen LogP contribution in [0.2, 0.25) is 0 Å². The van der Waals surface area contributed by atoms with Gasteiger partial charge in [-0.25, -0.2) is 18.9 Å². The lowest BCUT2D eigenvalue weighted by atomic mass is 10.0. The van der Waals surface area contributed by atoms with Crippen molar-refractivity contribution in [1.82, 2.24) is 24.5 Å². The van der Waals surface area contributed by atoms with Crippen LogP contribution >= 0.6 is 0 Å². The third kappa shape index (κ3) is 4.99. The number of hydrogen-bond donors (Lipinski definition) is 3. The summed E-state index contributed by atoms with van der Waals surface area (Å²) in [6.07, 6.45) is 2.52. The molecule has 206 valence electrons. The average molecular weight is 555 g/mol. The Morgan fingerprint density at radius 2 is 1.85 bits per heavy atom. The molecule has 12 heteroatoms. The van der Waals surface area contributed by atoms with Crippen molar-refractivity contribution in [3.63, 3.8) is 0 Å². The van der Waals surface area contributed by atoms with Crippen molar-refractivity contribution in [2.45, 2.75) is 13.5 Å². The Labute approximate surface area is 231 Å². The molecule has 3 heterocycles. The number of aromatic nitrogens is 5. The third-order valence-electron chi connectivity index (χ3n) is 6.48. The summed E-state index contributed by atoms with van der Waals surface area (Å²) in [5, 5.41) is 31.0. The van der Waals surface area contributed by atoms with Gasteiger partial charge in [-0.2, -0.15) is 14.9 Å². The van der Waals surface area contributed by atoms with Gasteiger partial charge in [0.15, 0.2) is 0 Å². The summed E-state index contributed by atoms with van der Waals surface area (Å²) in [5.74, 6) is -1.63. The van der Waals surface area contributed by atoms with Crippen LogP contribution in [0.1, 0.15) is 28.4 Å². The van der Waals surface area contributed by atoms with Crippen LogP contribution in [0.5, 0.6) is 0 Å². The smallest absolute Gasteiger partial charge is 0.337 e. The van der Waals surface area contributed by atoms with Crippen molar-refractivity contribution in [3.05, 3.63) is 111 Å². The van der Waals surface area contributed by atoms with E-state index < -0.39 is 29.5 Å². The summed E-state index contributed by atoms with van der Waals surface area (Å²) in [6.45, 7) is 5.02. The number of fused-ring (bicyclic) bond motifs is 1. The first-order chi connectivity index (χ1) is 19.6. The SMILES string of the molecule is C=C(C)c1cc(F)c2c(=O)n(-c3cccc(-c4cc(Nc5ccc(C(=O)O)cn5)c(=O)n(C)n4)c3CO)ncc2c1. The number of hydrogen-bond acceptors (Lipinski definition) is 8. The highest BCUT2D eigenvalue weighted by Gasteiger charge is 2.19. The maximum absolute atomic E-state index is 15.0. The van der Waals surface area contributed by atoms with Crippen LogP contribution in [-0.4, -0.2) is 40.7 Å². The number of aliphatic hydroxyl groups excluding tert-OH is 1. The first-order valence-electron chi connectivity index (χ1n) is 12.2. The highest BCUT2D eigenvalue weighted by molar-refractivity contribution is 5.87. The quantitative estimate of drug-likeness (QED) is 0.274. The standard InChI is InChI=1S/C29H23FN6O5/c1-15(2)17-9-18-13-32-36(28(39)26(18)21(30)10-17)24-6-4-5-19(20(24)14-37)22-11-23(27(38)35(3)34-22)33-25-8-7-16(12-31-25)29(40)41/h4-13,37H,1,14H2,2-3H3,(H,31,33)(H,40,41). The van der Waals surface area contributed by atoms with Crippen LogP contribution in [-0.2, 0) is 13.7 Å². The number of rotatable bonds is 7. The molecule has 0 saturated carbocycles. The molecule has 0 amide bonds. The molecule has 0 fully saturated rings. The minimum absolute atomic E-state index is 0.0167. The first kappa shape index (κ1) is 27.1. The normalized spacial score (nSPS) is 11.0. The summed E-state index contributed by atoms with van der Waals surface area (Å²) >= 11 is 0. The number of allylic oxidation sites excluding steroid dienone is 1.